The van der Waals surface area contributed by atoms with Crippen LogP contribution >= 0.6 is 11.3 Å². The third-order valence-corrected chi connectivity index (χ3v) is 4.90. The van der Waals surface area contributed by atoms with E-state index in [2.05, 4.69) is 24.0 Å². The molecule has 132 valence electrons. The lowest BCUT2D eigenvalue weighted by atomic mass is 10.1. The summed E-state index contributed by atoms with van der Waals surface area (Å²) in [7, 11) is 0. The van der Waals surface area contributed by atoms with Crippen molar-refractivity contribution in [3.05, 3.63) is 40.9 Å². The lowest BCUT2D eigenvalue weighted by Gasteiger charge is -2.26. The predicted molar refractivity (Wildman–Crippen MR) is 94.6 cm³/mol. The standard InChI is InChI=1S/C18H20N2O4S/c1-2-13-3-5-14(6-4-13)17-19-15(12-25-17)18(22)24-11-16(21)20-7-9-23-10-8-20/h3-6,12H,2,7-11H2,1H3. The molecule has 1 amide bonds. The molecule has 0 radical (unpaired) electrons. The van der Waals surface area contributed by atoms with Crippen molar-refractivity contribution in [1.82, 2.24) is 9.88 Å². The second-order valence-electron chi connectivity index (χ2n) is 5.66. The van der Waals surface area contributed by atoms with Crippen LogP contribution in [0.5, 0.6) is 0 Å². The molecule has 0 N–H and O–H groups in total. The fourth-order valence-corrected chi connectivity index (χ4v) is 3.28. The van der Waals surface area contributed by atoms with Crippen LogP contribution in [0.25, 0.3) is 10.6 Å². The highest BCUT2D eigenvalue weighted by molar-refractivity contribution is 7.13. The van der Waals surface area contributed by atoms with E-state index in [1.165, 1.54) is 16.9 Å². The molecule has 7 heteroatoms. The number of aromatic nitrogens is 1. The average molecular weight is 360 g/mol. The van der Waals surface area contributed by atoms with Gasteiger partial charge < -0.3 is 14.4 Å². The highest BCUT2D eigenvalue weighted by Gasteiger charge is 2.20. The average Bonchev–Trinajstić information content (AvgIpc) is 3.17. The lowest BCUT2D eigenvalue weighted by Crippen LogP contribution is -2.42. The Hall–Kier alpha value is -2.25. The summed E-state index contributed by atoms with van der Waals surface area (Å²) in [6.45, 7) is 3.94. The monoisotopic (exact) mass is 360 g/mol. The van der Waals surface area contributed by atoms with Gasteiger partial charge in [0.15, 0.2) is 12.3 Å². The van der Waals surface area contributed by atoms with Gasteiger partial charge in [0.1, 0.15) is 5.01 Å². The summed E-state index contributed by atoms with van der Waals surface area (Å²) in [6, 6.07) is 8.09. The molecular weight excluding hydrogens is 340 g/mol. The number of thiazole rings is 1. The number of benzene rings is 1. The van der Waals surface area contributed by atoms with E-state index in [1.807, 2.05) is 12.1 Å². The number of hydrogen-bond acceptors (Lipinski definition) is 6. The molecule has 0 atom stereocenters. The van der Waals surface area contributed by atoms with E-state index in [0.29, 0.717) is 26.3 Å². The Morgan fingerprint density at radius 2 is 1.96 bits per heavy atom. The molecule has 2 heterocycles. The number of esters is 1. The van der Waals surface area contributed by atoms with Gasteiger partial charge in [0.2, 0.25) is 0 Å². The van der Waals surface area contributed by atoms with E-state index >= 15 is 0 Å². The summed E-state index contributed by atoms with van der Waals surface area (Å²) in [5, 5.41) is 2.42. The first-order valence-corrected chi connectivity index (χ1v) is 9.13. The molecule has 1 aromatic heterocycles. The molecule has 3 rings (SSSR count). The van der Waals surface area contributed by atoms with Crippen LogP contribution in [-0.2, 0) is 20.7 Å². The molecule has 0 spiro atoms. The second kappa shape index (κ2) is 8.22. The third kappa shape index (κ3) is 4.43. The molecule has 0 saturated carbocycles. The van der Waals surface area contributed by atoms with Crippen molar-refractivity contribution in [2.45, 2.75) is 13.3 Å². The summed E-state index contributed by atoms with van der Waals surface area (Å²) in [5.74, 6) is -0.781. The predicted octanol–water partition coefficient (Wildman–Crippen LogP) is 2.39. The first-order chi connectivity index (χ1) is 12.2. The van der Waals surface area contributed by atoms with Gasteiger partial charge in [-0.05, 0) is 12.0 Å². The molecule has 0 unspecified atom stereocenters. The van der Waals surface area contributed by atoms with Gasteiger partial charge in [0.05, 0.1) is 13.2 Å². The number of morpholine rings is 1. The quantitative estimate of drug-likeness (QED) is 0.766. The van der Waals surface area contributed by atoms with Crippen LogP contribution in [0.2, 0.25) is 0 Å². The number of carbonyl (C=O) groups is 2. The van der Waals surface area contributed by atoms with Gasteiger partial charge in [0, 0.05) is 24.0 Å². The Kier molecular flexibility index (Phi) is 5.78. The minimum Gasteiger partial charge on any atom is -0.451 e. The van der Waals surface area contributed by atoms with Crippen LogP contribution in [0.4, 0.5) is 0 Å². The first kappa shape index (κ1) is 17.6. The summed E-state index contributed by atoms with van der Waals surface area (Å²) < 4.78 is 10.3. The van der Waals surface area contributed by atoms with Crippen molar-refractivity contribution in [2.75, 3.05) is 32.9 Å². The normalized spacial score (nSPS) is 14.4. The number of aryl methyl sites for hydroxylation is 1. The van der Waals surface area contributed by atoms with Crippen molar-refractivity contribution in [1.29, 1.82) is 0 Å². The summed E-state index contributed by atoms with van der Waals surface area (Å²) in [5.41, 5.74) is 2.45. The maximum Gasteiger partial charge on any atom is 0.358 e. The zero-order valence-electron chi connectivity index (χ0n) is 14.1. The lowest BCUT2D eigenvalue weighted by molar-refractivity contribution is -0.138. The molecule has 1 fully saturated rings. The summed E-state index contributed by atoms with van der Waals surface area (Å²) >= 11 is 1.38. The van der Waals surface area contributed by atoms with E-state index in [-0.39, 0.29) is 18.2 Å². The van der Waals surface area contributed by atoms with Crippen molar-refractivity contribution in [2.24, 2.45) is 0 Å². The third-order valence-electron chi connectivity index (χ3n) is 4.01. The van der Waals surface area contributed by atoms with Gasteiger partial charge >= 0.3 is 5.97 Å². The Balaban J connectivity index is 1.57. The molecule has 25 heavy (non-hydrogen) atoms. The van der Waals surface area contributed by atoms with Crippen molar-refractivity contribution >= 4 is 23.2 Å². The molecule has 1 aromatic carbocycles. The number of ether oxygens (including phenoxy) is 2. The molecule has 1 aliphatic rings. The van der Waals surface area contributed by atoms with Gasteiger partial charge in [-0.2, -0.15) is 0 Å². The fraction of sp³-hybridized carbons (Fsp3) is 0.389. The fourth-order valence-electron chi connectivity index (χ4n) is 2.49. The van der Waals surface area contributed by atoms with Crippen LogP contribution in [0.3, 0.4) is 0 Å². The Bertz CT molecular complexity index is 736. The minimum atomic E-state index is -0.575. The maximum absolute atomic E-state index is 12.1. The van der Waals surface area contributed by atoms with E-state index in [0.717, 1.165) is 17.0 Å². The number of nitrogens with zero attached hydrogens (tertiary/aromatic N) is 2. The van der Waals surface area contributed by atoms with Crippen LogP contribution in [-0.4, -0.2) is 54.7 Å². The van der Waals surface area contributed by atoms with Crippen LogP contribution in [0, 0.1) is 0 Å². The molecule has 0 bridgehead atoms. The highest BCUT2D eigenvalue weighted by atomic mass is 32.1. The molecule has 2 aromatic rings. The molecule has 1 aliphatic heterocycles. The van der Waals surface area contributed by atoms with Gasteiger partial charge in [-0.1, -0.05) is 31.2 Å². The summed E-state index contributed by atoms with van der Waals surface area (Å²) in [6.07, 6.45) is 0.979. The smallest absolute Gasteiger partial charge is 0.358 e. The Morgan fingerprint density at radius 3 is 2.64 bits per heavy atom. The minimum absolute atomic E-state index is 0.206. The molecule has 6 nitrogen and oxygen atoms in total. The number of carbonyl (C=O) groups excluding carboxylic acids is 2. The molecule has 0 aliphatic carbocycles. The zero-order chi connectivity index (χ0) is 17.6. The second-order valence-corrected chi connectivity index (χ2v) is 6.52. The number of rotatable bonds is 5. The van der Waals surface area contributed by atoms with Crippen LogP contribution in [0.1, 0.15) is 23.0 Å². The van der Waals surface area contributed by atoms with Crippen LogP contribution in [0.15, 0.2) is 29.6 Å². The van der Waals surface area contributed by atoms with Gasteiger partial charge in [0.25, 0.3) is 5.91 Å². The van der Waals surface area contributed by atoms with Crippen molar-refractivity contribution in [3.8, 4) is 10.6 Å². The van der Waals surface area contributed by atoms with Gasteiger partial charge in [-0.3, -0.25) is 4.79 Å². The van der Waals surface area contributed by atoms with Crippen molar-refractivity contribution in [3.63, 3.8) is 0 Å². The van der Waals surface area contributed by atoms with E-state index < -0.39 is 5.97 Å². The Morgan fingerprint density at radius 1 is 1.24 bits per heavy atom. The SMILES string of the molecule is CCc1ccc(-c2nc(C(=O)OCC(=O)N3CCOCC3)cs2)cc1. The largest absolute Gasteiger partial charge is 0.451 e. The molecular formula is C18H20N2O4S. The van der Waals surface area contributed by atoms with Gasteiger partial charge in [-0.25, -0.2) is 9.78 Å². The van der Waals surface area contributed by atoms with E-state index in [1.54, 1.807) is 10.3 Å². The number of hydrogen-bond donors (Lipinski definition) is 0. The van der Waals surface area contributed by atoms with Crippen molar-refractivity contribution < 1.29 is 19.1 Å². The highest BCUT2D eigenvalue weighted by Crippen LogP contribution is 2.24. The Labute approximate surface area is 150 Å². The van der Waals surface area contributed by atoms with Gasteiger partial charge in [-0.15, -0.1) is 11.3 Å². The number of amides is 1. The van der Waals surface area contributed by atoms with E-state index in [9.17, 15) is 9.59 Å². The summed E-state index contributed by atoms with van der Waals surface area (Å²) in [4.78, 5) is 30.1. The molecule has 1 saturated heterocycles. The maximum atomic E-state index is 12.1. The first-order valence-electron chi connectivity index (χ1n) is 8.25. The van der Waals surface area contributed by atoms with Crippen LogP contribution < -0.4 is 0 Å². The zero-order valence-corrected chi connectivity index (χ0v) is 14.9. The topological polar surface area (TPSA) is 68.7 Å². The van der Waals surface area contributed by atoms with E-state index in [4.69, 9.17) is 9.47 Å².